The molecule has 0 spiro atoms. The number of rotatable bonds is 6. The van der Waals surface area contributed by atoms with Crippen molar-refractivity contribution in [3.05, 3.63) is 113 Å². The Morgan fingerprint density at radius 1 is 1.12 bits per heavy atom. The third-order valence-electron chi connectivity index (χ3n) is 6.50. The first-order chi connectivity index (χ1) is 19.0. The standard InChI is InChI=1S/C30H25ClN2O6S/c1-15(2)38-29(37)25-17(4)32-30-33(26(25)18-8-10-19(31)11-9-18)27(34)24(40-30)14-20-12-13-23(39-20)21-6-5-7-22(16(21)3)28(35)36/h5-15,26H,1-4H3,(H,35,36)/b24-14+/t26-/m1/s1. The molecule has 5 rings (SSSR count). The zero-order valence-corrected chi connectivity index (χ0v) is 23.7. The normalized spacial score (nSPS) is 15.2. The van der Waals surface area contributed by atoms with Gasteiger partial charge in [0, 0.05) is 16.7 Å². The number of hydrogen-bond acceptors (Lipinski definition) is 7. The van der Waals surface area contributed by atoms with Gasteiger partial charge in [-0.05, 0) is 69.2 Å². The summed E-state index contributed by atoms with van der Waals surface area (Å²) in [6.45, 7) is 6.97. The van der Waals surface area contributed by atoms with Crippen LogP contribution in [0.4, 0.5) is 0 Å². The third kappa shape index (κ3) is 5.05. The van der Waals surface area contributed by atoms with Crippen molar-refractivity contribution in [1.29, 1.82) is 0 Å². The maximum atomic E-state index is 13.8. The van der Waals surface area contributed by atoms with Gasteiger partial charge >= 0.3 is 11.9 Å². The summed E-state index contributed by atoms with van der Waals surface area (Å²) in [5, 5.41) is 9.99. The number of aromatic carboxylic acids is 1. The van der Waals surface area contributed by atoms with Crippen LogP contribution in [0.1, 0.15) is 54.1 Å². The van der Waals surface area contributed by atoms with Crippen molar-refractivity contribution in [2.75, 3.05) is 0 Å². The van der Waals surface area contributed by atoms with Gasteiger partial charge in [0.25, 0.3) is 5.56 Å². The summed E-state index contributed by atoms with van der Waals surface area (Å²) >= 11 is 7.30. The van der Waals surface area contributed by atoms with E-state index in [1.165, 1.54) is 22.0 Å². The molecule has 0 fully saturated rings. The minimum absolute atomic E-state index is 0.188. The Balaban J connectivity index is 1.62. The Hall–Kier alpha value is -4.21. The largest absolute Gasteiger partial charge is 0.478 e. The molecule has 0 unspecified atom stereocenters. The van der Waals surface area contributed by atoms with Gasteiger partial charge < -0.3 is 14.3 Å². The van der Waals surface area contributed by atoms with Gasteiger partial charge in [0.15, 0.2) is 4.80 Å². The molecule has 2 aromatic heterocycles. The maximum Gasteiger partial charge on any atom is 0.338 e. The highest BCUT2D eigenvalue weighted by atomic mass is 35.5. The van der Waals surface area contributed by atoms with Crippen LogP contribution in [0.25, 0.3) is 17.4 Å². The summed E-state index contributed by atoms with van der Waals surface area (Å²) in [5.74, 6) is -0.665. The lowest BCUT2D eigenvalue weighted by Crippen LogP contribution is -2.40. The van der Waals surface area contributed by atoms with Gasteiger partial charge in [0.2, 0.25) is 0 Å². The molecule has 1 aliphatic heterocycles. The number of nitrogens with zero attached hydrogens (tertiary/aromatic N) is 2. The molecule has 0 bridgehead atoms. The first-order valence-electron chi connectivity index (χ1n) is 12.5. The van der Waals surface area contributed by atoms with Gasteiger partial charge in [-0.3, -0.25) is 9.36 Å². The zero-order chi connectivity index (χ0) is 28.7. The number of benzene rings is 2. The van der Waals surface area contributed by atoms with Crippen LogP contribution in [0.5, 0.6) is 0 Å². The molecule has 10 heteroatoms. The fourth-order valence-corrected chi connectivity index (χ4v) is 5.81. The highest BCUT2D eigenvalue weighted by Crippen LogP contribution is 2.32. The average molecular weight is 577 g/mol. The van der Waals surface area contributed by atoms with Crippen LogP contribution in [0, 0.1) is 6.92 Å². The Morgan fingerprint density at radius 2 is 1.85 bits per heavy atom. The van der Waals surface area contributed by atoms with Crippen LogP contribution in [0.15, 0.2) is 80.1 Å². The number of fused-ring (bicyclic) bond motifs is 1. The van der Waals surface area contributed by atoms with E-state index in [9.17, 15) is 19.5 Å². The third-order valence-corrected chi connectivity index (χ3v) is 7.73. The predicted octanol–water partition coefficient (Wildman–Crippen LogP) is 5.11. The Morgan fingerprint density at radius 3 is 2.52 bits per heavy atom. The summed E-state index contributed by atoms with van der Waals surface area (Å²) in [4.78, 5) is 43.6. The number of carboxylic acids is 1. The molecular weight excluding hydrogens is 552 g/mol. The second-order valence-corrected chi connectivity index (χ2v) is 11.0. The fraction of sp³-hybridized carbons (Fsp3) is 0.200. The number of esters is 1. The number of allylic oxidation sites excluding steroid dienone is 1. The molecule has 40 heavy (non-hydrogen) atoms. The molecule has 8 nitrogen and oxygen atoms in total. The molecule has 0 saturated heterocycles. The van der Waals surface area contributed by atoms with Gasteiger partial charge in [-0.25, -0.2) is 14.6 Å². The summed E-state index contributed by atoms with van der Waals surface area (Å²) in [7, 11) is 0. The maximum absolute atomic E-state index is 13.8. The van der Waals surface area contributed by atoms with E-state index in [1.54, 1.807) is 82.3 Å². The van der Waals surface area contributed by atoms with Crippen LogP contribution in [0.2, 0.25) is 5.02 Å². The SMILES string of the molecule is CC1=C(C(=O)OC(C)C)[C@@H](c2ccc(Cl)cc2)n2c(s/c(=C/c3ccc(-c4cccc(C(=O)O)c4C)o3)c2=O)=N1. The monoisotopic (exact) mass is 576 g/mol. The number of thiazole rings is 1. The summed E-state index contributed by atoms with van der Waals surface area (Å²) in [5.41, 5.74) is 2.51. The smallest absolute Gasteiger partial charge is 0.338 e. The number of furan rings is 1. The van der Waals surface area contributed by atoms with E-state index in [4.69, 9.17) is 20.8 Å². The van der Waals surface area contributed by atoms with Crippen molar-refractivity contribution in [3.63, 3.8) is 0 Å². The number of carbonyl (C=O) groups is 2. The quantitative estimate of drug-likeness (QED) is 0.319. The van der Waals surface area contributed by atoms with Gasteiger partial charge in [-0.2, -0.15) is 0 Å². The topological polar surface area (TPSA) is 111 Å². The summed E-state index contributed by atoms with van der Waals surface area (Å²) in [6, 6.07) is 14.6. The van der Waals surface area contributed by atoms with E-state index in [2.05, 4.69) is 4.99 Å². The lowest BCUT2D eigenvalue weighted by atomic mass is 9.96. The number of carboxylic acid groups (broad SMARTS) is 1. The van der Waals surface area contributed by atoms with Crippen LogP contribution in [0.3, 0.4) is 0 Å². The van der Waals surface area contributed by atoms with Crippen molar-refractivity contribution in [1.82, 2.24) is 4.57 Å². The van der Waals surface area contributed by atoms with E-state index in [0.29, 0.717) is 48.3 Å². The Labute approximate surface area is 238 Å². The molecule has 0 radical (unpaired) electrons. The average Bonchev–Trinajstić information content (AvgIpc) is 3.47. The van der Waals surface area contributed by atoms with Crippen molar-refractivity contribution in [3.8, 4) is 11.3 Å². The highest BCUT2D eigenvalue weighted by molar-refractivity contribution is 7.07. The molecule has 1 aliphatic rings. The highest BCUT2D eigenvalue weighted by Gasteiger charge is 2.33. The van der Waals surface area contributed by atoms with Crippen LogP contribution >= 0.6 is 22.9 Å². The number of halogens is 1. The second-order valence-electron chi connectivity index (χ2n) is 9.57. The Bertz CT molecular complexity index is 1860. The number of hydrogen-bond donors (Lipinski definition) is 1. The molecule has 1 atom stereocenters. The zero-order valence-electron chi connectivity index (χ0n) is 22.1. The molecule has 2 aromatic carbocycles. The number of carbonyl (C=O) groups excluding carboxylic acids is 1. The molecular formula is C30H25ClN2O6S. The fourth-order valence-electron chi connectivity index (χ4n) is 4.66. The first-order valence-corrected chi connectivity index (χ1v) is 13.7. The van der Waals surface area contributed by atoms with Crippen molar-refractivity contribution < 1.29 is 23.8 Å². The number of ether oxygens (including phenoxy) is 1. The van der Waals surface area contributed by atoms with Crippen LogP contribution in [-0.4, -0.2) is 27.7 Å². The van der Waals surface area contributed by atoms with Crippen molar-refractivity contribution in [2.45, 2.75) is 39.8 Å². The summed E-state index contributed by atoms with van der Waals surface area (Å²) in [6.07, 6.45) is 1.27. The van der Waals surface area contributed by atoms with Crippen LogP contribution < -0.4 is 14.9 Å². The molecule has 3 heterocycles. The van der Waals surface area contributed by atoms with E-state index in [-0.39, 0.29) is 22.8 Å². The molecule has 0 aliphatic carbocycles. The molecule has 1 N–H and O–H groups in total. The number of aromatic nitrogens is 1. The molecule has 0 amide bonds. The second kappa shape index (κ2) is 10.7. The molecule has 0 saturated carbocycles. The van der Waals surface area contributed by atoms with Gasteiger partial charge in [0.1, 0.15) is 11.5 Å². The molecule has 204 valence electrons. The van der Waals surface area contributed by atoms with Crippen molar-refractivity contribution in [2.24, 2.45) is 4.99 Å². The molecule has 4 aromatic rings. The lowest BCUT2D eigenvalue weighted by molar-refractivity contribution is -0.143. The van der Waals surface area contributed by atoms with Crippen LogP contribution in [-0.2, 0) is 9.53 Å². The van der Waals surface area contributed by atoms with E-state index >= 15 is 0 Å². The summed E-state index contributed by atoms with van der Waals surface area (Å²) < 4.78 is 13.4. The van der Waals surface area contributed by atoms with Gasteiger partial charge in [-0.15, -0.1) is 0 Å². The minimum atomic E-state index is -1.02. The predicted molar refractivity (Wildman–Crippen MR) is 152 cm³/mol. The van der Waals surface area contributed by atoms with Gasteiger partial charge in [-0.1, -0.05) is 47.2 Å². The first kappa shape index (κ1) is 27.4. The van der Waals surface area contributed by atoms with Crippen molar-refractivity contribution >= 4 is 41.0 Å². The van der Waals surface area contributed by atoms with E-state index in [1.807, 2.05) is 0 Å². The lowest BCUT2D eigenvalue weighted by Gasteiger charge is -2.25. The minimum Gasteiger partial charge on any atom is -0.478 e. The van der Waals surface area contributed by atoms with E-state index < -0.39 is 18.0 Å². The Kier molecular flexibility index (Phi) is 7.35. The van der Waals surface area contributed by atoms with E-state index in [0.717, 1.165) is 0 Å². The van der Waals surface area contributed by atoms with Gasteiger partial charge in [0.05, 0.1) is 33.5 Å².